The molecule has 0 spiro atoms. The Labute approximate surface area is 592 Å². The summed E-state index contributed by atoms with van der Waals surface area (Å²) in [6, 6.07) is 43.9. The lowest BCUT2D eigenvalue weighted by Gasteiger charge is -2.67. The van der Waals surface area contributed by atoms with E-state index in [-0.39, 0.29) is 53.5 Å². The largest absolute Gasteiger partial charge is 0.487 e. The van der Waals surface area contributed by atoms with E-state index in [9.17, 15) is 52.1 Å². The van der Waals surface area contributed by atoms with Crippen LogP contribution in [-0.4, -0.2) is 142 Å². The number of Topliss-reactive ketones (excluding diaryl/α,β-unsaturated/α-hetero) is 1. The molecule has 2 bridgehead atoms. The van der Waals surface area contributed by atoms with E-state index in [4.69, 9.17) is 44.4 Å². The first kappa shape index (κ1) is 73.5. The minimum Gasteiger partial charge on any atom is -0.487 e. The number of benzene rings is 6. The number of rotatable bonds is 21. The molecule has 3 aliphatic carbocycles. The van der Waals surface area contributed by atoms with Gasteiger partial charge in [0.2, 0.25) is 0 Å². The van der Waals surface area contributed by atoms with Crippen molar-refractivity contribution in [1.29, 1.82) is 0 Å². The lowest BCUT2D eigenvalue weighted by atomic mass is 9.44. The molecule has 23 nitrogen and oxygen atoms in total. The van der Waals surface area contributed by atoms with E-state index in [1.165, 1.54) is 50.7 Å². The van der Waals surface area contributed by atoms with Crippen molar-refractivity contribution in [3.63, 3.8) is 0 Å². The van der Waals surface area contributed by atoms with Crippen molar-refractivity contribution in [2.45, 2.75) is 121 Å². The van der Waals surface area contributed by atoms with Gasteiger partial charge in [-0.05, 0) is 121 Å². The van der Waals surface area contributed by atoms with Gasteiger partial charge in [-0.2, -0.15) is 0 Å². The van der Waals surface area contributed by atoms with Gasteiger partial charge in [-0.1, -0.05) is 104 Å². The molecule has 0 unspecified atom stereocenters. The summed E-state index contributed by atoms with van der Waals surface area (Å²) in [7, 11) is -3.02. The summed E-state index contributed by atoms with van der Waals surface area (Å²) in [4.78, 5) is 92.3. The standard InChI is InChI=1S/C47H51NO14.C29H26ClFN4O4S/c1-25-31(60-43(56)36(52)35(28-16-10-7-11-17-28)48-41(54)29-18-12-8-13-19-29)23-47(57)40(61-42(55)30-20-14-9-15-21-30)38-45(6,32(51)22-33-46(38,24-58-33)62-27(3)50)39(53)37(59-26(2)49)34(25)44(47,4)5;1-40(36,37)12-11-32-16-23-7-10-27(39-23)20-5-8-26-24(14-20)29(34-18-33-26)35-22-6-9-28(25(30)15-22)38-17-19-3-2-4-21(31)13-19/h7-21,31-33,35-38,40,51-52,57H,22-24H2,1-6H3,(H,48,54);2-10,13-15,18,32H,11-12,16-17H2,1H3,(H,33,34,35)/t31-,32-,33+,35-,36+,37+,38-,40-,45+,46-,47+;/m0./s1. The summed E-state index contributed by atoms with van der Waals surface area (Å²) in [6.45, 7) is 8.93. The minimum atomic E-state index is -3.02. The first-order chi connectivity index (χ1) is 48.5. The molecule has 102 heavy (non-hydrogen) atoms. The average Bonchev–Trinajstić information content (AvgIpc) is 0.689. The van der Waals surface area contributed by atoms with E-state index in [0.717, 1.165) is 30.3 Å². The molecule has 3 heterocycles. The first-order valence-corrected chi connectivity index (χ1v) is 35.3. The second-order valence-electron chi connectivity index (χ2n) is 26.6. The zero-order valence-electron chi connectivity index (χ0n) is 56.8. The van der Waals surface area contributed by atoms with Crippen molar-refractivity contribution in [2.75, 3.05) is 30.5 Å². The van der Waals surface area contributed by atoms with E-state index >= 15 is 4.79 Å². The summed E-state index contributed by atoms with van der Waals surface area (Å²) in [6.07, 6.45) is -7.82. The van der Waals surface area contributed by atoms with Crippen LogP contribution < -0.4 is 20.7 Å². The number of aliphatic hydroxyl groups is 3. The Morgan fingerprint density at radius 2 is 1.51 bits per heavy atom. The number of ketones is 1. The van der Waals surface area contributed by atoms with E-state index in [2.05, 4.69) is 25.9 Å². The Morgan fingerprint density at radius 1 is 0.814 bits per heavy atom. The third kappa shape index (κ3) is 15.2. The van der Waals surface area contributed by atoms with E-state index in [1.807, 2.05) is 36.4 Å². The highest BCUT2D eigenvalue weighted by molar-refractivity contribution is 7.90. The molecule has 26 heteroatoms. The van der Waals surface area contributed by atoms with Crippen LogP contribution in [0.4, 0.5) is 15.9 Å². The molecule has 6 N–H and O–H groups in total. The summed E-state index contributed by atoms with van der Waals surface area (Å²) in [5, 5.41) is 47.8. The molecule has 1 aliphatic heterocycles. The maximum Gasteiger partial charge on any atom is 0.338 e. The van der Waals surface area contributed by atoms with Crippen LogP contribution in [-0.2, 0) is 65.9 Å². The molecule has 12 rings (SSSR count). The van der Waals surface area contributed by atoms with Gasteiger partial charge in [0.05, 0.1) is 58.5 Å². The molecule has 0 radical (unpaired) electrons. The van der Waals surface area contributed by atoms with Gasteiger partial charge < -0.3 is 64.1 Å². The van der Waals surface area contributed by atoms with E-state index < -0.39 is 122 Å². The number of aromatic nitrogens is 2. The summed E-state index contributed by atoms with van der Waals surface area (Å²) < 4.78 is 78.0. The average molecular weight is 1430 g/mol. The number of hydrogen-bond acceptors (Lipinski definition) is 22. The quantitative estimate of drug-likeness (QED) is 0.0169. The van der Waals surface area contributed by atoms with Crippen molar-refractivity contribution in [3.8, 4) is 17.1 Å². The van der Waals surface area contributed by atoms with Crippen molar-refractivity contribution >= 4 is 79.4 Å². The monoisotopic (exact) mass is 1430 g/mol. The third-order valence-electron chi connectivity index (χ3n) is 19.5. The molecule has 1 amide bonds. The van der Waals surface area contributed by atoms with Crippen LogP contribution in [0.5, 0.6) is 5.75 Å². The number of amides is 1. The third-order valence-corrected chi connectivity index (χ3v) is 20.7. The van der Waals surface area contributed by atoms with Crippen LogP contribution in [0.15, 0.2) is 186 Å². The number of esters is 4. The van der Waals surface area contributed by atoms with Gasteiger partial charge in [0.15, 0.2) is 23.6 Å². The van der Waals surface area contributed by atoms with Crippen LogP contribution in [0.1, 0.15) is 98.0 Å². The molecule has 2 saturated carbocycles. The Hall–Kier alpha value is -9.73. The van der Waals surface area contributed by atoms with Crippen LogP contribution in [0.3, 0.4) is 0 Å². The Bertz CT molecular complexity index is 4620. The van der Waals surface area contributed by atoms with Crippen molar-refractivity contribution in [1.82, 2.24) is 20.6 Å². The number of furan rings is 1. The Kier molecular flexibility index (Phi) is 21.7. The van der Waals surface area contributed by atoms with Gasteiger partial charge in [0.25, 0.3) is 5.91 Å². The normalized spacial score (nSPS) is 23.9. The van der Waals surface area contributed by atoms with Gasteiger partial charge in [0, 0.05) is 67.1 Å². The topological polar surface area (TPSA) is 328 Å². The van der Waals surface area contributed by atoms with Crippen LogP contribution in [0.2, 0.25) is 5.02 Å². The fourth-order valence-corrected chi connectivity index (χ4v) is 15.0. The molecule has 11 atom stereocenters. The van der Waals surface area contributed by atoms with Crippen molar-refractivity contribution in [2.24, 2.45) is 16.7 Å². The summed E-state index contributed by atoms with van der Waals surface area (Å²) in [5.41, 5.74) is -4.03. The maximum atomic E-state index is 15.5. The number of carbonyl (C=O) groups excluding carboxylic acids is 6. The predicted octanol–water partition coefficient (Wildman–Crippen LogP) is 9.87. The lowest BCUT2D eigenvalue weighted by Crippen LogP contribution is -2.82. The Morgan fingerprint density at radius 3 is 2.16 bits per heavy atom. The number of nitrogens with zero attached hydrogens (tertiary/aromatic N) is 2. The molecule has 2 aromatic heterocycles. The number of sulfone groups is 1. The number of fused-ring (bicyclic) bond motifs is 6. The molecule has 1 saturated heterocycles. The van der Waals surface area contributed by atoms with Crippen molar-refractivity contribution in [3.05, 3.63) is 220 Å². The van der Waals surface area contributed by atoms with Crippen LogP contribution >= 0.6 is 11.6 Å². The first-order valence-electron chi connectivity index (χ1n) is 32.9. The van der Waals surface area contributed by atoms with Gasteiger partial charge in [-0.15, -0.1) is 0 Å². The van der Waals surface area contributed by atoms with Crippen LogP contribution in [0, 0.1) is 22.6 Å². The number of hydrogen-bond donors (Lipinski definition) is 6. The lowest BCUT2D eigenvalue weighted by molar-refractivity contribution is -0.346. The SMILES string of the molecule is CC(=O)O[C@H]1C(=O)[C@@]2(C)[C@H]([C@H](OC(=O)c3ccccc3)[C@]3(O)C[C@H](OC(=O)[C@H](O)[C@@H](NC(=O)c4ccccc4)c4ccccc4)C(C)=C1C3(C)C)[C@]1(OC(C)=O)CO[C@@H]1C[C@@H]2O.CS(=O)(=O)CCNCc1ccc(-c2ccc3ncnc(Nc4ccc(OCc5cccc(F)c5)c(Cl)c4)c3c2)o1. The van der Waals surface area contributed by atoms with Crippen molar-refractivity contribution < 1.29 is 89.7 Å². The fourth-order valence-electron chi connectivity index (χ4n) is 14.2. The summed E-state index contributed by atoms with van der Waals surface area (Å²) >= 11 is 6.47. The molecule has 534 valence electrons. The predicted molar refractivity (Wildman–Crippen MR) is 372 cm³/mol. The number of ether oxygens (including phenoxy) is 6. The zero-order chi connectivity index (χ0) is 73.1. The molecule has 4 aliphatic rings. The van der Waals surface area contributed by atoms with Gasteiger partial charge in [0.1, 0.15) is 75.6 Å². The van der Waals surface area contributed by atoms with Gasteiger partial charge >= 0.3 is 23.9 Å². The Balaban J connectivity index is 0.000000225. The van der Waals surface area contributed by atoms with E-state index in [0.29, 0.717) is 58.0 Å². The van der Waals surface area contributed by atoms with Gasteiger partial charge in [-0.3, -0.25) is 19.2 Å². The highest BCUT2D eigenvalue weighted by Gasteiger charge is 2.78. The second kappa shape index (κ2) is 30.1. The maximum absolute atomic E-state index is 15.5. The molecule has 6 aromatic carbocycles. The second-order valence-corrected chi connectivity index (χ2v) is 29.2. The summed E-state index contributed by atoms with van der Waals surface area (Å²) in [5.74, 6) is -4.67. The molecule has 3 fully saturated rings. The number of anilines is 2. The number of halogens is 2. The highest BCUT2D eigenvalue weighted by Crippen LogP contribution is 2.64. The molecular formula is C76H77ClFN5O18S. The van der Waals surface area contributed by atoms with E-state index in [1.54, 1.807) is 117 Å². The molecule has 8 aromatic rings. The molecular weight excluding hydrogens is 1360 g/mol. The number of nitrogens with one attached hydrogen (secondary N) is 3. The smallest absolute Gasteiger partial charge is 0.338 e. The number of carbonyl (C=O) groups is 6. The fraction of sp³-hybridized carbons (Fsp3) is 0.342. The van der Waals surface area contributed by atoms with Gasteiger partial charge in [-0.25, -0.2) is 32.4 Å². The minimum absolute atomic E-state index is 0.00289. The zero-order valence-corrected chi connectivity index (χ0v) is 58.3. The number of aliphatic hydroxyl groups excluding tert-OH is 2. The highest BCUT2D eigenvalue weighted by atomic mass is 35.5. The van der Waals surface area contributed by atoms with Crippen LogP contribution in [0.25, 0.3) is 22.2 Å².